The van der Waals surface area contributed by atoms with E-state index >= 15 is 0 Å². The molecule has 3 rings (SSSR count). The zero-order valence-corrected chi connectivity index (χ0v) is 18.9. The number of piperazine rings is 2. The summed E-state index contributed by atoms with van der Waals surface area (Å²) >= 11 is 0. The van der Waals surface area contributed by atoms with Gasteiger partial charge in [0.1, 0.15) is 0 Å². The van der Waals surface area contributed by atoms with Crippen molar-refractivity contribution in [3.05, 3.63) is 41.3 Å². The lowest BCUT2D eigenvalue weighted by molar-refractivity contribution is -0.134. The van der Waals surface area contributed by atoms with Crippen LogP contribution in [0.1, 0.15) is 19.4 Å². The quantitative estimate of drug-likeness (QED) is 0.649. The number of hydrogen-bond acceptors (Lipinski definition) is 5. The van der Waals surface area contributed by atoms with Gasteiger partial charge < -0.3 is 9.80 Å². The van der Waals surface area contributed by atoms with E-state index in [0.717, 1.165) is 38.3 Å². The Labute approximate surface area is 181 Å². The summed E-state index contributed by atoms with van der Waals surface area (Å²) in [5, 5.41) is 1.26. The van der Waals surface area contributed by atoms with Crippen molar-refractivity contribution in [3.8, 4) is 0 Å². The molecule has 7 nitrogen and oxygen atoms in total. The number of hydrogen-bond donors (Lipinski definition) is 0. The van der Waals surface area contributed by atoms with E-state index in [4.69, 9.17) is 0 Å². The Hall–Kier alpha value is -1.74. The van der Waals surface area contributed by atoms with Gasteiger partial charge in [0.05, 0.1) is 6.54 Å². The first kappa shape index (κ1) is 22.9. The fourth-order valence-corrected chi connectivity index (χ4v) is 5.12. The minimum atomic E-state index is -3.48. The van der Waals surface area contributed by atoms with Gasteiger partial charge in [-0.1, -0.05) is 44.2 Å². The van der Waals surface area contributed by atoms with Crippen molar-refractivity contribution in [2.45, 2.75) is 13.8 Å². The Bertz CT molecular complexity index is 810. The Kier molecular flexibility index (Phi) is 8.05. The second kappa shape index (κ2) is 10.5. The van der Waals surface area contributed by atoms with Gasteiger partial charge in [0.25, 0.3) is 0 Å². The molecule has 0 unspecified atom stereocenters. The van der Waals surface area contributed by atoms with Crippen LogP contribution in [-0.4, -0.2) is 98.8 Å². The normalized spacial score (nSPS) is 20.3. The number of carbonyl (C=O) groups excluding carboxylic acids is 1. The van der Waals surface area contributed by atoms with Crippen molar-refractivity contribution >= 4 is 22.0 Å². The van der Waals surface area contributed by atoms with E-state index in [0.29, 0.717) is 38.6 Å². The minimum absolute atomic E-state index is 0.101. The molecule has 1 aromatic carbocycles. The summed E-state index contributed by atoms with van der Waals surface area (Å²) in [7, 11) is -3.48. The van der Waals surface area contributed by atoms with Crippen molar-refractivity contribution < 1.29 is 13.2 Å². The average molecular weight is 435 g/mol. The third-order valence-electron chi connectivity index (χ3n) is 5.63. The summed E-state index contributed by atoms with van der Waals surface area (Å²) in [5.74, 6) is 0.762. The van der Waals surface area contributed by atoms with Gasteiger partial charge in [-0.25, -0.2) is 8.42 Å². The summed E-state index contributed by atoms with van der Waals surface area (Å²) in [4.78, 5) is 19.2. The third kappa shape index (κ3) is 6.63. The van der Waals surface area contributed by atoms with Crippen LogP contribution < -0.4 is 0 Å². The molecule has 1 amide bonds. The van der Waals surface area contributed by atoms with Crippen molar-refractivity contribution in [1.82, 2.24) is 19.0 Å². The van der Waals surface area contributed by atoms with Gasteiger partial charge in [0, 0.05) is 64.3 Å². The summed E-state index contributed by atoms with van der Waals surface area (Å²) in [5.41, 5.74) is 0.850. The molecule has 2 saturated heterocycles. The SMILES string of the molecule is CC(C)CN1CCN(CC(=O)N2CCN(S(=O)(=O)/C=C/c3ccccc3)CC2)CC1. The first-order valence-electron chi connectivity index (χ1n) is 10.8. The molecule has 30 heavy (non-hydrogen) atoms. The maximum atomic E-state index is 12.7. The molecule has 2 aliphatic heterocycles. The highest BCUT2D eigenvalue weighted by Crippen LogP contribution is 2.12. The second-order valence-electron chi connectivity index (χ2n) is 8.51. The van der Waals surface area contributed by atoms with Gasteiger partial charge in [0.2, 0.25) is 15.9 Å². The summed E-state index contributed by atoms with van der Waals surface area (Å²) < 4.78 is 26.6. The predicted molar refractivity (Wildman–Crippen MR) is 120 cm³/mol. The largest absolute Gasteiger partial charge is 0.339 e. The summed E-state index contributed by atoms with van der Waals surface area (Å²) in [6.45, 7) is 11.4. The molecule has 0 bridgehead atoms. The van der Waals surface area contributed by atoms with Crippen molar-refractivity contribution in [2.75, 3.05) is 65.4 Å². The van der Waals surface area contributed by atoms with E-state index in [1.165, 1.54) is 9.71 Å². The number of rotatable bonds is 7. The van der Waals surface area contributed by atoms with Crippen LogP contribution in [0, 0.1) is 5.92 Å². The Morgan fingerprint density at radius 2 is 1.53 bits per heavy atom. The fourth-order valence-electron chi connectivity index (χ4n) is 3.94. The summed E-state index contributed by atoms with van der Waals surface area (Å²) in [6, 6.07) is 9.38. The molecule has 2 heterocycles. The molecule has 0 aliphatic carbocycles. The molecule has 0 atom stereocenters. The van der Waals surface area contributed by atoms with Crippen molar-refractivity contribution in [1.29, 1.82) is 0 Å². The van der Waals surface area contributed by atoms with E-state index in [-0.39, 0.29) is 5.91 Å². The van der Waals surface area contributed by atoms with Crippen molar-refractivity contribution in [2.24, 2.45) is 5.92 Å². The smallest absolute Gasteiger partial charge is 0.236 e. The van der Waals surface area contributed by atoms with Crippen LogP contribution in [0.5, 0.6) is 0 Å². The van der Waals surface area contributed by atoms with Crippen LogP contribution in [0.3, 0.4) is 0 Å². The molecule has 0 radical (unpaired) electrons. The first-order valence-corrected chi connectivity index (χ1v) is 12.3. The molecule has 0 saturated carbocycles. The van der Waals surface area contributed by atoms with Crippen LogP contribution >= 0.6 is 0 Å². The van der Waals surface area contributed by atoms with Gasteiger partial charge in [-0.05, 0) is 17.6 Å². The standard InChI is InChI=1S/C22H34N4O3S/c1-20(2)18-23-9-11-24(12-10-23)19-22(27)25-13-15-26(16-14-25)30(28,29)17-8-21-6-4-3-5-7-21/h3-8,17,20H,9-16,18-19H2,1-2H3/b17-8+. The number of benzene rings is 1. The van der Waals surface area contributed by atoms with E-state index in [1.807, 2.05) is 30.3 Å². The van der Waals surface area contributed by atoms with Gasteiger partial charge in [0.15, 0.2) is 0 Å². The van der Waals surface area contributed by atoms with Gasteiger partial charge in [-0.15, -0.1) is 0 Å². The highest BCUT2D eigenvalue weighted by atomic mass is 32.2. The molecule has 0 aromatic heterocycles. The zero-order valence-electron chi connectivity index (χ0n) is 18.1. The second-order valence-corrected chi connectivity index (χ2v) is 10.3. The molecule has 166 valence electrons. The molecular formula is C22H34N4O3S. The number of nitrogens with zero attached hydrogens (tertiary/aromatic N) is 4. The van der Waals surface area contributed by atoms with Crippen LogP contribution in [0.4, 0.5) is 0 Å². The number of amides is 1. The fraction of sp³-hybridized carbons (Fsp3) is 0.591. The summed E-state index contributed by atoms with van der Waals surface area (Å²) in [6.07, 6.45) is 1.62. The monoisotopic (exact) mass is 434 g/mol. The molecule has 2 fully saturated rings. The maximum absolute atomic E-state index is 12.7. The average Bonchev–Trinajstić information content (AvgIpc) is 2.74. The topological polar surface area (TPSA) is 64.2 Å². The molecular weight excluding hydrogens is 400 g/mol. The van der Waals surface area contributed by atoms with Gasteiger partial charge in [-0.2, -0.15) is 4.31 Å². The number of sulfonamides is 1. The van der Waals surface area contributed by atoms with E-state index < -0.39 is 10.0 Å². The Balaban J connectivity index is 1.43. The molecule has 8 heteroatoms. The van der Waals surface area contributed by atoms with Crippen molar-refractivity contribution in [3.63, 3.8) is 0 Å². The molecule has 1 aromatic rings. The predicted octanol–water partition coefficient (Wildman–Crippen LogP) is 1.40. The Morgan fingerprint density at radius 1 is 0.933 bits per heavy atom. The first-order chi connectivity index (χ1) is 14.3. The lowest BCUT2D eigenvalue weighted by Crippen LogP contribution is -2.54. The van der Waals surface area contributed by atoms with E-state index in [2.05, 4.69) is 23.6 Å². The van der Waals surface area contributed by atoms with E-state index in [9.17, 15) is 13.2 Å². The van der Waals surface area contributed by atoms with Crippen LogP contribution in [0.25, 0.3) is 6.08 Å². The lowest BCUT2D eigenvalue weighted by atomic mass is 10.2. The zero-order chi connectivity index (χ0) is 21.6. The third-order valence-corrected chi connectivity index (χ3v) is 7.20. The Morgan fingerprint density at radius 3 is 2.13 bits per heavy atom. The minimum Gasteiger partial charge on any atom is -0.339 e. The van der Waals surface area contributed by atoms with Gasteiger partial charge in [-0.3, -0.25) is 9.69 Å². The van der Waals surface area contributed by atoms with Crippen LogP contribution in [-0.2, 0) is 14.8 Å². The lowest BCUT2D eigenvalue weighted by Gasteiger charge is -2.37. The molecule has 2 aliphatic rings. The van der Waals surface area contributed by atoms with E-state index in [1.54, 1.807) is 11.0 Å². The number of carbonyl (C=O) groups is 1. The van der Waals surface area contributed by atoms with Crippen LogP contribution in [0.15, 0.2) is 35.7 Å². The van der Waals surface area contributed by atoms with Gasteiger partial charge >= 0.3 is 0 Å². The molecule has 0 N–H and O–H groups in total. The molecule has 0 spiro atoms. The maximum Gasteiger partial charge on any atom is 0.236 e. The highest BCUT2D eigenvalue weighted by Gasteiger charge is 2.28. The van der Waals surface area contributed by atoms with Crippen LogP contribution in [0.2, 0.25) is 0 Å². The highest BCUT2D eigenvalue weighted by molar-refractivity contribution is 7.92.